The SMILES string of the molecule is O=C(NCCOc1ccc(C(=S)NO)cc1)[C@@H]1C[C@H]1c1ccccc1. The summed E-state index contributed by atoms with van der Waals surface area (Å²) in [6.45, 7) is 0.867. The molecule has 0 bridgehead atoms. The molecule has 1 aliphatic carbocycles. The van der Waals surface area contributed by atoms with E-state index in [0.717, 1.165) is 6.42 Å². The molecule has 2 atom stereocenters. The van der Waals surface area contributed by atoms with Gasteiger partial charge in [0, 0.05) is 11.5 Å². The molecular weight excluding hydrogens is 336 g/mol. The van der Waals surface area contributed by atoms with Gasteiger partial charge >= 0.3 is 0 Å². The highest BCUT2D eigenvalue weighted by molar-refractivity contribution is 7.80. The van der Waals surface area contributed by atoms with E-state index in [1.54, 1.807) is 24.3 Å². The van der Waals surface area contributed by atoms with Gasteiger partial charge in [-0.25, -0.2) is 0 Å². The summed E-state index contributed by atoms with van der Waals surface area (Å²) in [5, 5.41) is 11.7. The number of ether oxygens (including phenoxy) is 1. The van der Waals surface area contributed by atoms with E-state index in [1.165, 1.54) is 5.56 Å². The molecule has 1 amide bonds. The summed E-state index contributed by atoms with van der Waals surface area (Å²) in [5.74, 6) is 1.20. The number of hydrogen-bond donors (Lipinski definition) is 3. The number of carbonyl (C=O) groups excluding carboxylic acids is 1. The lowest BCUT2D eigenvalue weighted by Crippen LogP contribution is -2.29. The average molecular weight is 356 g/mol. The van der Waals surface area contributed by atoms with Crippen molar-refractivity contribution in [1.82, 2.24) is 10.8 Å². The van der Waals surface area contributed by atoms with Gasteiger partial charge in [-0.3, -0.25) is 15.5 Å². The van der Waals surface area contributed by atoms with Crippen molar-refractivity contribution in [2.75, 3.05) is 13.2 Å². The van der Waals surface area contributed by atoms with Crippen molar-refractivity contribution in [2.45, 2.75) is 12.3 Å². The quantitative estimate of drug-likeness (QED) is 0.404. The molecule has 6 heteroatoms. The topological polar surface area (TPSA) is 70.6 Å². The first-order valence-electron chi connectivity index (χ1n) is 8.19. The molecule has 130 valence electrons. The van der Waals surface area contributed by atoms with Crippen molar-refractivity contribution in [3.05, 3.63) is 65.7 Å². The molecular formula is C19H20N2O3S. The number of hydrogen-bond acceptors (Lipinski definition) is 4. The molecule has 1 aliphatic rings. The molecule has 0 radical (unpaired) electrons. The number of benzene rings is 2. The predicted molar refractivity (Wildman–Crippen MR) is 98.9 cm³/mol. The minimum Gasteiger partial charge on any atom is -0.492 e. The van der Waals surface area contributed by atoms with E-state index in [1.807, 2.05) is 23.7 Å². The number of thiocarbonyl (C=S) groups is 1. The van der Waals surface area contributed by atoms with Crippen LogP contribution in [0.5, 0.6) is 5.75 Å². The third-order valence-corrected chi connectivity index (χ3v) is 4.57. The van der Waals surface area contributed by atoms with Crippen molar-refractivity contribution >= 4 is 23.1 Å². The maximum absolute atomic E-state index is 12.1. The van der Waals surface area contributed by atoms with Crippen LogP contribution in [0.1, 0.15) is 23.5 Å². The van der Waals surface area contributed by atoms with Gasteiger partial charge in [-0.2, -0.15) is 0 Å². The van der Waals surface area contributed by atoms with Crippen molar-refractivity contribution in [3.8, 4) is 5.75 Å². The molecule has 0 aliphatic heterocycles. The number of carbonyl (C=O) groups is 1. The molecule has 5 nitrogen and oxygen atoms in total. The number of hydroxylamine groups is 1. The number of rotatable bonds is 7. The van der Waals surface area contributed by atoms with Crippen LogP contribution in [0.25, 0.3) is 0 Å². The fourth-order valence-electron chi connectivity index (χ4n) is 2.79. The average Bonchev–Trinajstić information content (AvgIpc) is 3.46. The highest BCUT2D eigenvalue weighted by atomic mass is 32.1. The first kappa shape index (κ1) is 17.4. The summed E-state index contributed by atoms with van der Waals surface area (Å²) >= 11 is 4.93. The van der Waals surface area contributed by atoms with Gasteiger partial charge in [0.05, 0.1) is 6.54 Å². The highest BCUT2D eigenvalue weighted by Crippen LogP contribution is 2.47. The third-order valence-electron chi connectivity index (χ3n) is 4.24. The van der Waals surface area contributed by atoms with Crippen molar-refractivity contribution < 1.29 is 14.7 Å². The van der Waals surface area contributed by atoms with Crippen molar-refractivity contribution in [1.29, 1.82) is 0 Å². The molecule has 0 saturated heterocycles. The Bertz CT molecular complexity index is 734. The molecule has 3 N–H and O–H groups in total. The van der Waals surface area contributed by atoms with Gasteiger partial charge < -0.3 is 10.1 Å². The summed E-state index contributed by atoms with van der Waals surface area (Å²) in [4.78, 5) is 12.4. The van der Waals surface area contributed by atoms with Gasteiger partial charge in [-0.15, -0.1) is 0 Å². The van der Waals surface area contributed by atoms with E-state index < -0.39 is 0 Å². The van der Waals surface area contributed by atoms with E-state index in [-0.39, 0.29) is 16.8 Å². The van der Waals surface area contributed by atoms with Crippen LogP contribution in [0.2, 0.25) is 0 Å². The van der Waals surface area contributed by atoms with E-state index >= 15 is 0 Å². The maximum atomic E-state index is 12.1. The third kappa shape index (κ3) is 4.55. The maximum Gasteiger partial charge on any atom is 0.223 e. The van der Waals surface area contributed by atoms with E-state index in [4.69, 9.17) is 22.2 Å². The standard InChI is InChI=1S/C19H20N2O3S/c22-18(17-12-16(17)13-4-2-1-3-5-13)20-10-11-24-15-8-6-14(7-9-15)19(25)21-23/h1-9,16-17,23H,10-12H2,(H,20,22)(H,21,25)/t16-,17+/m0/s1. The van der Waals surface area contributed by atoms with Crippen LogP contribution in [-0.2, 0) is 4.79 Å². The number of amides is 1. The summed E-state index contributed by atoms with van der Waals surface area (Å²) in [5.41, 5.74) is 3.88. The van der Waals surface area contributed by atoms with Crippen LogP contribution in [0.15, 0.2) is 54.6 Å². The molecule has 2 aromatic carbocycles. The lowest BCUT2D eigenvalue weighted by molar-refractivity contribution is -0.122. The van der Waals surface area contributed by atoms with Gasteiger partial charge in [0.25, 0.3) is 0 Å². The van der Waals surface area contributed by atoms with Gasteiger partial charge in [-0.1, -0.05) is 42.5 Å². The van der Waals surface area contributed by atoms with E-state index in [0.29, 0.717) is 30.4 Å². The summed E-state index contributed by atoms with van der Waals surface area (Å²) in [6, 6.07) is 17.2. The molecule has 0 heterocycles. The van der Waals surface area contributed by atoms with Gasteiger partial charge in [-0.05, 0) is 42.2 Å². The van der Waals surface area contributed by atoms with E-state index in [9.17, 15) is 4.79 Å². The summed E-state index contributed by atoms with van der Waals surface area (Å²) in [6.07, 6.45) is 0.914. The molecule has 0 aromatic heterocycles. The van der Waals surface area contributed by atoms with Crippen LogP contribution in [0.3, 0.4) is 0 Å². The molecule has 0 spiro atoms. The Hall–Kier alpha value is -2.44. The Labute approximate surface area is 152 Å². The Morgan fingerprint density at radius 2 is 1.88 bits per heavy atom. The van der Waals surface area contributed by atoms with E-state index in [2.05, 4.69) is 17.4 Å². The van der Waals surface area contributed by atoms with Crippen LogP contribution in [-0.4, -0.2) is 29.3 Å². The fourth-order valence-corrected chi connectivity index (χ4v) is 2.93. The first-order valence-corrected chi connectivity index (χ1v) is 8.60. The molecule has 1 saturated carbocycles. The Morgan fingerprint density at radius 3 is 2.56 bits per heavy atom. The molecule has 3 rings (SSSR count). The normalized spacial score (nSPS) is 18.3. The van der Waals surface area contributed by atoms with Gasteiger partial charge in [0.1, 0.15) is 17.3 Å². The second-order valence-corrected chi connectivity index (χ2v) is 6.37. The largest absolute Gasteiger partial charge is 0.492 e. The Balaban J connectivity index is 1.37. The first-order chi connectivity index (χ1) is 12.2. The minimum absolute atomic E-state index is 0.0775. The van der Waals surface area contributed by atoms with Gasteiger partial charge in [0.15, 0.2) is 0 Å². The zero-order chi connectivity index (χ0) is 17.6. The van der Waals surface area contributed by atoms with Crippen LogP contribution in [0, 0.1) is 5.92 Å². The van der Waals surface area contributed by atoms with Crippen LogP contribution in [0.4, 0.5) is 0 Å². The molecule has 25 heavy (non-hydrogen) atoms. The highest BCUT2D eigenvalue weighted by Gasteiger charge is 2.43. The predicted octanol–water partition coefficient (Wildman–Crippen LogP) is 2.64. The van der Waals surface area contributed by atoms with Crippen LogP contribution >= 0.6 is 12.2 Å². The number of nitrogens with one attached hydrogen (secondary N) is 2. The lowest BCUT2D eigenvalue weighted by atomic mass is 10.1. The molecule has 0 unspecified atom stereocenters. The lowest BCUT2D eigenvalue weighted by Gasteiger charge is -2.09. The summed E-state index contributed by atoms with van der Waals surface area (Å²) in [7, 11) is 0. The Kier molecular flexibility index (Phi) is 5.63. The second-order valence-electron chi connectivity index (χ2n) is 5.96. The Morgan fingerprint density at radius 1 is 1.16 bits per heavy atom. The van der Waals surface area contributed by atoms with Crippen LogP contribution < -0.4 is 15.5 Å². The van der Waals surface area contributed by atoms with Crippen molar-refractivity contribution in [2.24, 2.45) is 5.92 Å². The minimum atomic E-state index is 0.0775. The zero-order valence-corrected chi connectivity index (χ0v) is 14.5. The molecule has 1 fully saturated rings. The van der Waals surface area contributed by atoms with Gasteiger partial charge in [0.2, 0.25) is 5.91 Å². The van der Waals surface area contributed by atoms with Crippen molar-refractivity contribution in [3.63, 3.8) is 0 Å². The smallest absolute Gasteiger partial charge is 0.223 e. The monoisotopic (exact) mass is 356 g/mol. The zero-order valence-electron chi connectivity index (χ0n) is 13.6. The molecule has 2 aromatic rings. The second kappa shape index (κ2) is 8.09. The summed E-state index contributed by atoms with van der Waals surface area (Å²) < 4.78 is 5.60. The fraction of sp³-hybridized carbons (Fsp3) is 0.263.